The molecule has 2 aromatic heterocycles. The van der Waals surface area contributed by atoms with Gasteiger partial charge in [-0.2, -0.15) is 5.10 Å². The highest BCUT2D eigenvalue weighted by atomic mass is 16.2. The Kier molecular flexibility index (Phi) is 3.94. The fourth-order valence-corrected chi connectivity index (χ4v) is 1.84. The van der Waals surface area contributed by atoms with Crippen LogP contribution < -0.4 is 5.32 Å². The number of aryl methyl sites for hydroxylation is 1. The monoisotopic (exact) mass is 258 g/mol. The number of anilines is 1. The van der Waals surface area contributed by atoms with Crippen LogP contribution in [0.4, 0.5) is 5.82 Å². The van der Waals surface area contributed by atoms with Crippen molar-refractivity contribution in [1.82, 2.24) is 14.8 Å². The summed E-state index contributed by atoms with van der Waals surface area (Å²) in [5, 5.41) is 7.20. The van der Waals surface area contributed by atoms with E-state index >= 15 is 0 Å². The number of pyridine rings is 1. The van der Waals surface area contributed by atoms with Crippen molar-refractivity contribution in [1.29, 1.82) is 0 Å². The minimum Gasteiger partial charge on any atom is -0.305 e. The number of aromatic nitrogens is 3. The van der Waals surface area contributed by atoms with Gasteiger partial charge in [0.15, 0.2) is 0 Å². The first-order chi connectivity index (χ1) is 9.06. The number of carbonyl (C=O) groups is 1. The summed E-state index contributed by atoms with van der Waals surface area (Å²) in [5.41, 5.74) is 1.38. The van der Waals surface area contributed by atoms with Gasteiger partial charge in [0, 0.05) is 19.3 Å². The first kappa shape index (κ1) is 13.3. The van der Waals surface area contributed by atoms with Crippen molar-refractivity contribution in [2.24, 2.45) is 13.0 Å². The first-order valence-corrected chi connectivity index (χ1v) is 6.31. The van der Waals surface area contributed by atoms with E-state index in [-0.39, 0.29) is 5.91 Å². The number of amides is 1. The van der Waals surface area contributed by atoms with Gasteiger partial charge in [-0.1, -0.05) is 19.9 Å². The molecule has 5 heteroatoms. The summed E-state index contributed by atoms with van der Waals surface area (Å²) < 4.78 is 1.68. The van der Waals surface area contributed by atoms with Crippen LogP contribution in [0.15, 0.2) is 30.5 Å². The molecule has 1 N–H and O–H groups in total. The molecular formula is C14H18N4O. The zero-order chi connectivity index (χ0) is 13.8. The van der Waals surface area contributed by atoms with Crippen molar-refractivity contribution in [3.63, 3.8) is 0 Å². The lowest BCUT2D eigenvalue weighted by Crippen LogP contribution is -2.15. The van der Waals surface area contributed by atoms with Crippen molar-refractivity contribution in [3.8, 4) is 0 Å². The quantitative estimate of drug-likeness (QED) is 0.915. The van der Waals surface area contributed by atoms with Crippen LogP contribution >= 0.6 is 0 Å². The number of hydrogen-bond acceptors (Lipinski definition) is 3. The fourth-order valence-electron chi connectivity index (χ4n) is 1.84. The van der Waals surface area contributed by atoms with Gasteiger partial charge in [0.05, 0.1) is 5.69 Å². The molecule has 0 fully saturated rings. The second-order valence-corrected chi connectivity index (χ2v) is 4.91. The van der Waals surface area contributed by atoms with Crippen LogP contribution in [0.1, 0.15) is 30.0 Å². The summed E-state index contributed by atoms with van der Waals surface area (Å²) >= 11 is 0. The lowest BCUT2D eigenvalue weighted by atomic mass is 10.1. The fraction of sp³-hybridized carbons (Fsp3) is 0.357. The average Bonchev–Trinajstić information content (AvgIpc) is 2.69. The lowest BCUT2D eigenvalue weighted by Gasteiger charge is -2.03. The number of hydrogen-bond donors (Lipinski definition) is 1. The minimum atomic E-state index is -0.223. The molecule has 0 saturated carbocycles. The van der Waals surface area contributed by atoms with Crippen LogP contribution in [0.25, 0.3) is 0 Å². The van der Waals surface area contributed by atoms with Crippen LogP contribution in [0.2, 0.25) is 0 Å². The Morgan fingerprint density at radius 1 is 1.42 bits per heavy atom. The molecular weight excluding hydrogens is 240 g/mol. The maximum atomic E-state index is 12.0. The van der Waals surface area contributed by atoms with Crippen LogP contribution in [0, 0.1) is 5.92 Å². The molecule has 2 aromatic rings. The predicted molar refractivity (Wildman–Crippen MR) is 73.9 cm³/mol. The Balaban J connectivity index is 2.11. The van der Waals surface area contributed by atoms with E-state index in [2.05, 4.69) is 29.2 Å². The van der Waals surface area contributed by atoms with Gasteiger partial charge in [0.25, 0.3) is 5.91 Å². The number of nitrogens with one attached hydrogen (secondary N) is 1. The Hall–Kier alpha value is -2.17. The third-order valence-electron chi connectivity index (χ3n) is 2.69. The molecule has 0 aliphatic carbocycles. The molecule has 1 amide bonds. The molecule has 0 atom stereocenters. The van der Waals surface area contributed by atoms with Gasteiger partial charge in [-0.05, 0) is 24.5 Å². The summed E-state index contributed by atoms with van der Waals surface area (Å²) in [6, 6.07) is 7.15. The molecule has 0 aromatic carbocycles. The summed E-state index contributed by atoms with van der Waals surface area (Å²) in [4.78, 5) is 16.0. The Bertz CT molecular complexity index is 560. The van der Waals surface area contributed by atoms with E-state index in [4.69, 9.17) is 0 Å². The molecule has 0 saturated heterocycles. The van der Waals surface area contributed by atoms with E-state index in [1.54, 1.807) is 29.1 Å². The summed E-state index contributed by atoms with van der Waals surface area (Å²) in [7, 11) is 1.82. The Labute approximate surface area is 112 Å². The Morgan fingerprint density at radius 2 is 2.21 bits per heavy atom. The van der Waals surface area contributed by atoms with E-state index in [1.165, 1.54) is 0 Å². The maximum Gasteiger partial charge on any atom is 0.275 e. The highest BCUT2D eigenvalue weighted by molar-refractivity contribution is 6.02. The highest BCUT2D eigenvalue weighted by Gasteiger charge is 2.11. The topological polar surface area (TPSA) is 59.8 Å². The van der Waals surface area contributed by atoms with Gasteiger partial charge in [0.2, 0.25) is 0 Å². The molecule has 0 unspecified atom stereocenters. The van der Waals surface area contributed by atoms with Crippen molar-refractivity contribution >= 4 is 11.7 Å². The van der Waals surface area contributed by atoms with E-state index in [1.807, 2.05) is 13.1 Å². The van der Waals surface area contributed by atoms with Crippen molar-refractivity contribution < 1.29 is 4.79 Å². The second kappa shape index (κ2) is 5.65. The van der Waals surface area contributed by atoms with Gasteiger partial charge in [0.1, 0.15) is 11.5 Å². The minimum absolute atomic E-state index is 0.223. The summed E-state index contributed by atoms with van der Waals surface area (Å²) in [6.45, 7) is 4.28. The molecule has 0 bridgehead atoms. The van der Waals surface area contributed by atoms with Crippen LogP contribution in [-0.2, 0) is 13.5 Å². The lowest BCUT2D eigenvalue weighted by molar-refractivity contribution is 0.102. The van der Waals surface area contributed by atoms with Gasteiger partial charge in [-0.25, -0.2) is 0 Å². The number of carbonyl (C=O) groups excluding carboxylic acids is 1. The SMILES string of the molecule is CC(C)Cc1cc(NC(=O)c2ccccn2)n(C)n1. The normalized spacial score (nSPS) is 10.7. The molecule has 0 spiro atoms. The van der Waals surface area contributed by atoms with Crippen molar-refractivity contribution in [2.45, 2.75) is 20.3 Å². The number of nitrogens with zero attached hydrogens (tertiary/aromatic N) is 3. The molecule has 2 rings (SSSR count). The van der Waals surface area contributed by atoms with Crippen LogP contribution in [0.3, 0.4) is 0 Å². The molecule has 0 aliphatic rings. The van der Waals surface area contributed by atoms with E-state index < -0.39 is 0 Å². The average molecular weight is 258 g/mol. The van der Waals surface area contributed by atoms with Gasteiger partial charge < -0.3 is 5.32 Å². The largest absolute Gasteiger partial charge is 0.305 e. The molecule has 100 valence electrons. The zero-order valence-corrected chi connectivity index (χ0v) is 11.4. The van der Waals surface area contributed by atoms with E-state index in [0.29, 0.717) is 17.4 Å². The third kappa shape index (κ3) is 3.40. The summed E-state index contributed by atoms with van der Waals surface area (Å²) in [6.07, 6.45) is 2.50. The first-order valence-electron chi connectivity index (χ1n) is 6.31. The van der Waals surface area contributed by atoms with E-state index in [9.17, 15) is 4.79 Å². The molecule has 0 aliphatic heterocycles. The van der Waals surface area contributed by atoms with E-state index in [0.717, 1.165) is 12.1 Å². The predicted octanol–water partition coefficient (Wildman–Crippen LogP) is 2.27. The van der Waals surface area contributed by atoms with Crippen LogP contribution in [0.5, 0.6) is 0 Å². The molecule has 19 heavy (non-hydrogen) atoms. The third-order valence-corrected chi connectivity index (χ3v) is 2.69. The molecule has 5 nitrogen and oxygen atoms in total. The highest BCUT2D eigenvalue weighted by Crippen LogP contribution is 2.13. The smallest absolute Gasteiger partial charge is 0.275 e. The molecule has 0 radical (unpaired) electrons. The van der Waals surface area contributed by atoms with Crippen molar-refractivity contribution in [3.05, 3.63) is 41.9 Å². The van der Waals surface area contributed by atoms with Crippen LogP contribution in [-0.4, -0.2) is 20.7 Å². The standard InChI is InChI=1S/C14H18N4O/c1-10(2)8-11-9-13(18(3)17-11)16-14(19)12-6-4-5-7-15-12/h4-7,9-10H,8H2,1-3H3,(H,16,19). The zero-order valence-electron chi connectivity index (χ0n) is 11.4. The maximum absolute atomic E-state index is 12.0. The number of rotatable bonds is 4. The van der Waals surface area contributed by atoms with Crippen molar-refractivity contribution in [2.75, 3.05) is 5.32 Å². The van der Waals surface area contributed by atoms with Gasteiger partial charge in [-0.3, -0.25) is 14.5 Å². The van der Waals surface area contributed by atoms with Gasteiger partial charge >= 0.3 is 0 Å². The Morgan fingerprint density at radius 3 is 2.84 bits per heavy atom. The summed E-state index contributed by atoms with van der Waals surface area (Å²) in [5.74, 6) is 1.00. The second-order valence-electron chi connectivity index (χ2n) is 4.91. The van der Waals surface area contributed by atoms with Gasteiger partial charge in [-0.15, -0.1) is 0 Å². The molecule has 2 heterocycles.